The topological polar surface area (TPSA) is 43.8 Å². The lowest BCUT2D eigenvalue weighted by Crippen LogP contribution is -2.02. The standard InChI is InChI=1S/C12H17N3/c1-3-15-12-5-4-10(6-7-13)8-11(12)9(2)14-15/h4-5,8H,3,6-7,13H2,1-2H3. The molecule has 2 rings (SSSR count). The van der Waals surface area contributed by atoms with E-state index in [1.54, 1.807) is 0 Å². The molecule has 0 spiro atoms. The van der Waals surface area contributed by atoms with E-state index in [-0.39, 0.29) is 0 Å². The normalized spacial score (nSPS) is 11.1. The zero-order valence-electron chi connectivity index (χ0n) is 9.33. The van der Waals surface area contributed by atoms with Gasteiger partial charge in [0.15, 0.2) is 0 Å². The number of hydrogen-bond acceptors (Lipinski definition) is 2. The third-order valence-electron chi connectivity index (χ3n) is 2.73. The summed E-state index contributed by atoms with van der Waals surface area (Å²) in [5, 5.41) is 5.75. The Morgan fingerprint density at radius 2 is 2.20 bits per heavy atom. The van der Waals surface area contributed by atoms with E-state index < -0.39 is 0 Å². The van der Waals surface area contributed by atoms with E-state index in [0.717, 1.165) is 18.7 Å². The minimum Gasteiger partial charge on any atom is -0.330 e. The molecule has 0 fully saturated rings. The quantitative estimate of drug-likeness (QED) is 0.827. The van der Waals surface area contributed by atoms with Gasteiger partial charge in [0.2, 0.25) is 0 Å². The molecule has 0 aliphatic carbocycles. The first-order chi connectivity index (χ1) is 7.26. The lowest BCUT2D eigenvalue weighted by atomic mass is 10.1. The van der Waals surface area contributed by atoms with Gasteiger partial charge in [0.05, 0.1) is 11.2 Å². The fourth-order valence-corrected chi connectivity index (χ4v) is 1.95. The summed E-state index contributed by atoms with van der Waals surface area (Å²) in [5.41, 5.74) is 9.17. The van der Waals surface area contributed by atoms with E-state index in [2.05, 4.69) is 37.1 Å². The third kappa shape index (κ3) is 1.75. The highest BCUT2D eigenvalue weighted by molar-refractivity contribution is 5.82. The highest BCUT2D eigenvalue weighted by Gasteiger charge is 2.06. The summed E-state index contributed by atoms with van der Waals surface area (Å²) >= 11 is 0. The second-order valence-electron chi connectivity index (χ2n) is 3.79. The van der Waals surface area contributed by atoms with Gasteiger partial charge in [0.1, 0.15) is 0 Å². The van der Waals surface area contributed by atoms with Crippen LogP contribution in [0, 0.1) is 6.92 Å². The Balaban J connectivity index is 2.56. The van der Waals surface area contributed by atoms with Crippen LogP contribution in [-0.2, 0) is 13.0 Å². The maximum atomic E-state index is 5.55. The molecule has 0 bridgehead atoms. The molecule has 0 aliphatic heterocycles. The van der Waals surface area contributed by atoms with E-state index in [9.17, 15) is 0 Å². The van der Waals surface area contributed by atoms with E-state index in [4.69, 9.17) is 5.73 Å². The van der Waals surface area contributed by atoms with Crippen molar-refractivity contribution in [2.24, 2.45) is 5.73 Å². The van der Waals surface area contributed by atoms with Crippen LogP contribution in [0.5, 0.6) is 0 Å². The SMILES string of the molecule is CCn1nc(C)c2cc(CCN)ccc21. The van der Waals surface area contributed by atoms with Crippen molar-refractivity contribution in [1.29, 1.82) is 0 Å². The van der Waals surface area contributed by atoms with E-state index in [0.29, 0.717) is 6.54 Å². The fraction of sp³-hybridized carbons (Fsp3) is 0.417. The Morgan fingerprint density at radius 3 is 2.87 bits per heavy atom. The van der Waals surface area contributed by atoms with Gasteiger partial charge >= 0.3 is 0 Å². The summed E-state index contributed by atoms with van der Waals surface area (Å²) < 4.78 is 2.04. The molecule has 1 heterocycles. The van der Waals surface area contributed by atoms with Gasteiger partial charge in [-0.25, -0.2) is 0 Å². The maximum absolute atomic E-state index is 5.55. The number of nitrogens with zero attached hydrogens (tertiary/aromatic N) is 2. The Morgan fingerprint density at radius 1 is 1.40 bits per heavy atom. The average Bonchev–Trinajstić information content (AvgIpc) is 2.56. The van der Waals surface area contributed by atoms with Crippen molar-refractivity contribution in [3.05, 3.63) is 29.5 Å². The average molecular weight is 203 g/mol. The van der Waals surface area contributed by atoms with Crippen LogP contribution in [0.4, 0.5) is 0 Å². The molecule has 80 valence electrons. The van der Waals surface area contributed by atoms with Crippen LogP contribution in [0.2, 0.25) is 0 Å². The van der Waals surface area contributed by atoms with Crippen LogP contribution < -0.4 is 5.73 Å². The Kier molecular flexibility index (Phi) is 2.73. The van der Waals surface area contributed by atoms with E-state index in [1.807, 2.05) is 4.68 Å². The molecular formula is C12H17N3. The zero-order valence-corrected chi connectivity index (χ0v) is 9.33. The molecule has 2 N–H and O–H groups in total. The zero-order chi connectivity index (χ0) is 10.8. The third-order valence-corrected chi connectivity index (χ3v) is 2.73. The van der Waals surface area contributed by atoms with Crippen LogP contribution in [-0.4, -0.2) is 16.3 Å². The molecule has 3 heteroatoms. The van der Waals surface area contributed by atoms with Gasteiger partial charge in [-0.05, 0) is 44.5 Å². The molecular weight excluding hydrogens is 186 g/mol. The second-order valence-corrected chi connectivity index (χ2v) is 3.79. The van der Waals surface area contributed by atoms with Gasteiger partial charge in [-0.3, -0.25) is 4.68 Å². The molecule has 0 saturated heterocycles. The molecule has 0 aliphatic rings. The van der Waals surface area contributed by atoms with E-state index >= 15 is 0 Å². The molecule has 0 amide bonds. The molecule has 0 radical (unpaired) electrons. The summed E-state index contributed by atoms with van der Waals surface area (Å²) in [7, 11) is 0. The largest absolute Gasteiger partial charge is 0.330 e. The number of hydrogen-bond donors (Lipinski definition) is 1. The van der Waals surface area contributed by atoms with E-state index in [1.165, 1.54) is 16.5 Å². The maximum Gasteiger partial charge on any atom is 0.0685 e. The first kappa shape index (κ1) is 10.2. The van der Waals surface area contributed by atoms with Crippen molar-refractivity contribution >= 4 is 10.9 Å². The van der Waals surface area contributed by atoms with Gasteiger partial charge in [-0.2, -0.15) is 5.10 Å². The summed E-state index contributed by atoms with van der Waals surface area (Å²) in [6.07, 6.45) is 0.937. The van der Waals surface area contributed by atoms with Gasteiger partial charge in [-0.1, -0.05) is 6.07 Å². The first-order valence-corrected chi connectivity index (χ1v) is 5.42. The molecule has 2 aromatic rings. The highest BCUT2D eigenvalue weighted by atomic mass is 15.3. The lowest BCUT2D eigenvalue weighted by molar-refractivity contribution is 0.676. The summed E-state index contributed by atoms with van der Waals surface area (Å²) in [6, 6.07) is 6.49. The molecule has 0 atom stereocenters. The fourth-order valence-electron chi connectivity index (χ4n) is 1.95. The van der Waals surface area contributed by atoms with Crippen LogP contribution in [0.1, 0.15) is 18.2 Å². The van der Waals surface area contributed by atoms with Crippen LogP contribution in [0.3, 0.4) is 0 Å². The smallest absolute Gasteiger partial charge is 0.0685 e. The monoisotopic (exact) mass is 203 g/mol. The van der Waals surface area contributed by atoms with Gasteiger partial charge in [0, 0.05) is 11.9 Å². The number of fused-ring (bicyclic) bond motifs is 1. The van der Waals surface area contributed by atoms with Crippen molar-refractivity contribution in [2.45, 2.75) is 26.8 Å². The first-order valence-electron chi connectivity index (χ1n) is 5.42. The minimum absolute atomic E-state index is 0.701. The predicted octanol–water partition coefficient (Wildman–Crippen LogP) is 1.87. The van der Waals surface area contributed by atoms with Crippen LogP contribution in [0.15, 0.2) is 18.2 Å². The molecule has 15 heavy (non-hydrogen) atoms. The number of aromatic nitrogens is 2. The van der Waals surface area contributed by atoms with Gasteiger partial charge < -0.3 is 5.73 Å². The van der Waals surface area contributed by atoms with Crippen LogP contribution in [0.25, 0.3) is 10.9 Å². The number of rotatable bonds is 3. The molecule has 1 aromatic heterocycles. The van der Waals surface area contributed by atoms with Crippen molar-refractivity contribution in [1.82, 2.24) is 9.78 Å². The van der Waals surface area contributed by atoms with Gasteiger partial charge in [0.25, 0.3) is 0 Å². The predicted molar refractivity (Wildman–Crippen MR) is 62.9 cm³/mol. The molecule has 0 unspecified atom stereocenters. The van der Waals surface area contributed by atoms with Crippen molar-refractivity contribution in [3.63, 3.8) is 0 Å². The summed E-state index contributed by atoms with van der Waals surface area (Å²) in [5.74, 6) is 0. The molecule has 1 aromatic carbocycles. The number of benzene rings is 1. The Labute approximate surface area is 89.9 Å². The van der Waals surface area contributed by atoms with Crippen molar-refractivity contribution < 1.29 is 0 Å². The van der Waals surface area contributed by atoms with Crippen LogP contribution >= 0.6 is 0 Å². The Hall–Kier alpha value is -1.35. The second kappa shape index (κ2) is 4.03. The van der Waals surface area contributed by atoms with Gasteiger partial charge in [-0.15, -0.1) is 0 Å². The summed E-state index contributed by atoms with van der Waals surface area (Å²) in [6.45, 7) is 5.79. The minimum atomic E-state index is 0.701. The summed E-state index contributed by atoms with van der Waals surface area (Å²) in [4.78, 5) is 0. The highest BCUT2D eigenvalue weighted by Crippen LogP contribution is 2.19. The van der Waals surface area contributed by atoms with Crippen molar-refractivity contribution in [3.8, 4) is 0 Å². The number of nitrogens with two attached hydrogens (primary N) is 1. The molecule has 0 saturated carbocycles. The molecule has 3 nitrogen and oxygen atoms in total. The lowest BCUT2D eigenvalue weighted by Gasteiger charge is -2.01. The Bertz CT molecular complexity index is 471. The number of aryl methyl sites for hydroxylation is 2. The van der Waals surface area contributed by atoms with Crippen molar-refractivity contribution in [2.75, 3.05) is 6.54 Å².